The number of nitrogens with zero attached hydrogens (tertiary/aromatic N) is 7. The molecule has 0 saturated heterocycles. The second-order valence-electron chi connectivity index (χ2n) is 5.44. The Balaban J connectivity index is 1.68. The molecule has 0 aromatic carbocycles. The fourth-order valence-electron chi connectivity index (χ4n) is 2.85. The number of imidazole rings is 1. The highest BCUT2D eigenvalue weighted by molar-refractivity contribution is 5.48. The third-order valence-corrected chi connectivity index (χ3v) is 3.83. The minimum Gasteiger partial charge on any atom is -0.358 e. The lowest BCUT2D eigenvalue weighted by Crippen LogP contribution is -2.23. The monoisotopic (exact) mass is 314 g/mol. The van der Waals surface area contributed by atoms with E-state index >= 15 is 0 Å². The van der Waals surface area contributed by atoms with Crippen LogP contribution in [0, 0.1) is 17.0 Å². The van der Waals surface area contributed by atoms with Crippen LogP contribution in [-0.2, 0) is 6.54 Å². The first-order valence-corrected chi connectivity index (χ1v) is 7.29. The van der Waals surface area contributed by atoms with Gasteiger partial charge in [-0.3, -0.25) is 0 Å². The van der Waals surface area contributed by atoms with Crippen LogP contribution in [0.2, 0.25) is 0 Å². The van der Waals surface area contributed by atoms with Crippen molar-refractivity contribution in [1.82, 2.24) is 29.4 Å². The molecule has 0 spiro atoms. The Kier molecular flexibility index (Phi) is 2.96. The van der Waals surface area contributed by atoms with E-state index in [4.69, 9.17) is 0 Å². The Morgan fingerprint density at radius 3 is 3.09 bits per heavy atom. The van der Waals surface area contributed by atoms with Gasteiger partial charge in [-0.05, 0) is 30.8 Å². The van der Waals surface area contributed by atoms with E-state index in [1.807, 2.05) is 11.6 Å². The van der Waals surface area contributed by atoms with Crippen LogP contribution < -0.4 is 5.32 Å². The highest BCUT2D eigenvalue weighted by atomic mass is 16.6. The Labute approximate surface area is 130 Å². The highest BCUT2D eigenvalue weighted by Crippen LogP contribution is 2.26. The molecule has 4 heterocycles. The summed E-state index contributed by atoms with van der Waals surface area (Å²) < 4.78 is 3.12. The smallest absolute Gasteiger partial charge is 0.358 e. The van der Waals surface area contributed by atoms with Gasteiger partial charge in [0.25, 0.3) is 0 Å². The van der Waals surface area contributed by atoms with Crippen molar-refractivity contribution in [3.05, 3.63) is 40.1 Å². The summed E-state index contributed by atoms with van der Waals surface area (Å²) in [5.74, 6) is 1.99. The van der Waals surface area contributed by atoms with E-state index in [0.29, 0.717) is 11.5 Å². The van der Waals surface area contributed by atoms with E-state index < -0.39 is 4.92 Å². The molecule has 10 heteroatoms. The van der Waals surface area contributed by atoms with Gasteiger partial charge in [-0.1, -0.05) is 9.61 Å². The number of aryl methyl sites for hydroxylation is 2. The van der Waals surface area contributed by atoms with Crippen LogP contribution in [0.15, 0.2) is 18.3 Å². The van der Waals surface area contributed by atoms with Crippen LogP contribution in [0.3, 0.4) is 0 Å². The van der Waals surface area contributed by atoms with Crippen LogP contribution in [0.5, 0.6) is 0 Å². The predicted octanol–water partition coefficient (Wildman–Crippen LogP) is 1.48. The summed E-state index contributed by atoms with van der Waals surface area (Å²) >= 11 is 0. The van der Waals surface area contributed by atoms with Gasteiger partial charge in [0.15, 0.2) is 5.82 Å². The van der Waals surface area contributed by atoms with Crippen molar-refractivity contribution in [2.24, 2.45) is 0 Å². The maximum Gasteiger partial charge on any atom is 0.368 e. The zero-order chi connectivity index (χ0) is 16.0. The molecule has 1 atom stereocenters. The van der Waals surface area contributed by atoms with Gasteiger partial charge in [0, 0.05) is 12.6 Å². The first kappa shape index (κ1) is 13.6. The van der Waals surface area contributed by atoms with Crippen molar-refractivity contribution in [1.29, 1.82) is 0 Å². The van der Waals surface area contributed by atoms with Gasteiger partial charge < -0.3 is 15.4 Å². The number of nitrogens with one attached hydrogen (secondary N) is 1. The number of hydrogen-bond acceptors (Lipinski definition) is 7. The Morgan fingerprint density at radius 2 is 2.26 bits per heavy atom. The van der Waals surface area contributed by atoms with Crippen LogP contribution in [0.1, 0.15) is 30.5 Å². The molecule has 23 heavy (non-hydrogen) atoms. The second-order valence-corrected chi connectivity index (χ2v) is 5.44. The van der Waals surface area contributed by atoms with E-state index in [2.05, 4.69) is 25.5 Å². The second kappa shape index (κ2) is 5.00. The van der Waals surface area contributed by atoms with E-state index in [1.54, 1.807) is 12.1 Å². The topological polar surface area (TPSA) is 116 Å². The van der Waals surface area contributed by atoms with E-state index in [0.717, 1.165) is 31.0 Å². The quantitative estimate of drug-likeness (QED) is 0.575. The number of hydrogen-bond donors (Lipinski definition) is 1. The van der Waals surface area contributed by atoms with E-state index in [1.165, 1.54) is 10.7 Å². The van der Waals surface area contributed by atoms with Gasteiger partial charge in [-0.2, -0.15) is 5.10 Å². The average Bonchev–Trinajstić information content (AvgIpc) is 3.10. The minimum absolute atomic E-state index is 0.0162. The SMILES string of the molecule is Cc1nc2n(n1)CCCC2Nc1ccc2ncc([N+](=O)[O-])n2n1. The number of nitro groups is 1. The number of aromatic nitrogens is 6. The van der Waals surface area contributed by atoms with Crippen molar-refractivity contribution in [2.45, 2.75) is 32.4 Å². The number of rotatable bonds is 3. The summed E-state index contributed by atoms with van der Waals surface area (Å²) in [7, 11) is 0. The Bertz CT molecular complexity index is 899. The largest absolute Gasteiger partial charge is 0.368 e. The fourth-order valence-corrected chi connectivity index (χ4v) is 2.85. The lowest BCUT2D eigenvalue weighted by Gasteiger charge is -2.23. The zero-order valence-corrected chi connectivity index (χ0v) is 12.4. The van der Waals surface area contributed by atoms with Gasteiger partial charge in [-0.25, -0.2) is 14.6 Å². The standard InChI is InChI=1S/C13H14N8O2/c1-8-15-13-9(3-2-6-19(13)17-8)16-10-4-5-11-14-7-12(21(22)23)20(11)18-10/h4-5,7,9H,2-3,6H2,1H3,(H,16,18). The molecule has 0 fully saturated rings. The molecular weight excluding hydrogens is 300 g/mol. The summed E-state index contributed by atoms with van der Waals surface area (Å²) in [5, 5.41) is 22.9. The molecule has 3 aromatic heterocycles. The molecule has 10 nitrogen and oxygen atoms in total. The zero-order valence-electron chi connectivity index (χ0n) is 12.4. The third-order valence-electron chi connectivity index (χ3n) is 3.83. The van der Waals surface area contributed by atoms with Gasteiger partial charge >= 0.3 is 5.82 Å². The van der Waals surface area contributed by atoms with Gasteiger partial charge in [0.05, 0.1) is 6.04 Å². The van der Waals surface area contributed by atoms with Crippen LogP contribution in [-0.4, -0.2) is 34.3 Å². The van der Waals surface area contributed by atoms with Gasteiger partial charge in [-0.15, -0.1) is 0 Å². The van der Waals surface area contributed by atoms with E-state index in [-0.39, 0.29) is 11.9 Å². The van der Waals surface area contributed by atoms with E-state index in [9.17, 15) is 10.1 Å². The molecule has 0 bridgehead atoms. The Hall–Kier alpha value is -3.04. The Morgan fingerprint density at radius 1 is 1.39 bits per heavy atom. The summed E-state index contributed by atoms with van der Waals surface area (Å²) in [6.45, 7) is 2.72. The molecule has 3 aromatic rings. The minimum atomic E-state index is -0.503. The summed E-state index contributed by atoms with van der Waals surface area (Å²) in [4.78, 5) is 18.9. The van der Waals surface area contributed by atoms with Gasteiger partial charge in [0.2, 0.25) is 5.65 Å². The maximum atomic E-state index is 11.0. The predicted molar refractivity (Wildman–Crippen MR) is 80.0 cm³/mol. The number of fused-ring (bicyclic) bond motifs is 2. The molecule has 0 amide bonds. The number of anilines is 1. The molecule has 0 saturated carbocycles. The average molecular weight is 314 g/mol. The van der Waals surface area contributed by atoms with Crippen molar-refractivity contribution in [2.75, 3.05) is 5.32 Å². The molecule has 1 N–H and O–H groups in total. The van der Waals surface area contributed by atoms with Crippen molar-refractivity contribution >= 4 is 17.3 Å². The maximum absolute atomic E-state index is 11.0. The van der Waals surface area contributed by atoms with Crippen LogP contribution in [0.4, 0.5) is 11.6 Å². The first-order chi connectivity index (χ1) is 11.1. The van der Waals surface area contributed by atoms with Crippen molar-refractivity contribution < 1.29 is 4.92 Å². The molecule has 1 aliphatic rings. The molecular formula is C13H14N8O2. The van der Waals surface area contributed by atoms with Crippen molar-refractivity contribution in [3.63, 3.8) is 0 Å². The third kappa shape index (κ3) is 2.28. The molecule has 0 aliphatic carbocycles. The normalized spacial score (nSPS) is 17.2. The highest BCUT2D eigenvalue weighted by Gasteiger charge is 2.24. The van der Waals surface area contributed by atoms with Crippen LogP contribution in [0.25, 0.3) is 5.65 Å². The van der Waals surface area contributed by atoms with Crippen molar-refractivity contribution in [3.8, 4) is 0 Å². The molecule has 0 radical (unpaired) electrons. The lowest BCUT2D eigenvalue weighted by atomic mass is 10.1. The van der Waals surface area contributed by atoms with Gasteiger partial charge in [0.1, 0.15) is 17.8 Å². The first-order valence-electron chi connectivity index (χ1n) is 7.29. The molecule has 1 aliphatic heterocycles. The summed E-state index contributed by atoms with van der Waals surface area (Å²) in [6, 6.07) is 3.44. The fraction of sp³-hybridized carbons (Fsp3) is 0.385. The van der Waals surface area contributed by atoms with Crippen LogP contribution >= 0.6 is 0 Å². The summed E-state index contributed by atoms with van der Waals surface area (Å²) in [6.07, 6.45) is 3.09. The molecule has 4 rings (SSSR count). The lowest BCUT2D eigenvalue weighted by molar-refractivity contribution is -0.391. The molecule has 1 unspecified atom stereocenters. The molecule has 118 valence electrons. The summed E-state index contributed by atoms with van der Waals surface area (Å²) in [5.41, 5.74) is 0.435.